The number of aryl methyl sites for hydroxylation is 1. The molecule has 88 valence electrons. The van der Waals surface area contributed by atoms with Crippen LogP contribution >= 0.6 is 11.8 Å². The van der Waals surface area contributed by atoms with Crippen molar-refractivity contribution in [3.8, 4) is 0 Å². The summed E-state index contributed by atoms with van der Waals surface area (Å²) in [6.45, 7) is 2.85. The largest absolute Gasteiger partial charge is 0.330 e. The van der Waals surface area contributed by atoms with Crippen molar-refractivity contribution in [2.75, 3.05) is 6.54 Å². The van der Waals surface area contributed by atoms with Gasteiger partial charge in [0.15, 0.2) is 0 Å². The SMILES string of the molecule is Cc1ccccc1Sc1ccccc1CCN. The fourth-order valence-corrected chi connectivity index (χ4v) is 2.82. The highest BCUT2D eigenvalue weighted by molar-refractivity contribution is 7.99. The molecule has 0 atom stereocenters. The second-order valence-corrected chi connectivity index (χ2v) is 5.10. The fraction of sp³-hybridized carbons (Fsp3) is 0.200. The summed E-state index contributed by atoms with van der Waals surface area (Å²) in [6.07, 6.45) is 0.940. The molecule has 2 rings (SSSR count). The zero-order chi connectivity index (χ0) is 12.1. The molecule has 0 spiro atoms. The summed E-state index contributed by atoms with van der Waals surface area (Å²) >= 11 is 1.83. The molecule has 0 amide bonds. The maximum atomic E-state index is 5.64. The third-order valence-electron chi connectivity index (χ3n) is 2.70. The fourth-order valence-electron chi connectivity index (χ4n) is 1.75. The Morgan fingerprint density at radius 2 is 1.59 bits per heavy atom. The minimum Gasteiger partial charge on any atom is -0.330 e. The molecule has 0 heterocycles. The Morgan fingerprint density at radius 1 is 0.941 bits per heavy atom. The highest BCUT2D eigenvalue weighted by Crippen LogP contribution is 2.32. The Balaban J connectivity index is 2.27. The van der Waals surface area contributed by atoms with Gasteiger partial charge in [0.05, 0.1) is 0 Å². The number of benzene rings is 2. The lowest BCUT2D eigenvalue weighted by Gasteiger charge is -2.09. The van der Waals surface area contributed by atoms with Crippen LogP contribution in [0.2, 0.25) is 0 Å². The lowest BCUT2D eigenvalue weighted by molar-refractivity contribution is 0.944. The summed E-state index contributed by atoms with van der Waals surface area (Å²) in [4.78, 5) is 2.63. The first-order chi connectivity index (χ1) is 8.31. The first-order valence-electron chi connectivity index (χ1n) is 5.82. The summed E-state index contributed by atoms with van der Waals surface area (Å²) in [5.41, 5.74) is 8.30. The van der Waals surface area contributed by atoms with E-state index in [2.05, 4.69) is 55.5 Å². The highest BCUT2D eigenvalue weighted by Gasteiger charge is 2.04. The maximum Gasteiger partial charge on any atom is 0.0154 e. The van der Waals surface area contributed by atoms with E-state index in [0.29, 0.717) is 6.54 Å². The van der Waals surface area contributed by atoms with Gasteiger partial charge in [0.25, 0.3) is 0 Å². The topological polar surface area (TPSA) is 26.0 Å². The molecule has 2 heteroatoms. The van der Waals surface area contributed by atoms with Crippen molar-refractivity contribution in [3.05, 3.63) is 59.7 Å². The van der Waals surface area contributed by atoms with Crippen molar-refractivity contribution in [3.63, 3.8) is 0 Å². The molecule has 0 aliphatic rings. The van der Waals surface area contributed by atoms with Crippen LogP contribution in [-0.2, 0) is 6.42 Å². The van der Waals surface area contributed by atoms with Crippen LogP contribution in [-0.4, -0.2) is 6.54 Å². The standard InChI is InChI=1S/C15H17NS/c1-12-6-2-4-8-14(12)17-15-9-5-3-7-13(15)10-11-16/h2-9H,10-11,16H2,1H3. The molecule has 0 unspecified atom stereocenters. The maximum absolute atomic E-state index is 5.64. The highest BCUT2D eigenvalue weighted by atomic mass is 32.2. The van der Waals surface area contributed by atoms with Crippen LogP contribution in [0.1, 0.15) is 11.1 Å². The van der Waals surface area contributed by atoms with Gasteiger partial charge in [0.2, 0.25) is 0 Å². The lowest BCUT2D eigenvalue weighted by Crippen LogP contribution is -2.03. The number of nitrogens with two attached hydrogens (primary N) is 1. The van der Waals surface area contributed by atoms with Gasteiger partial charge < -0.3 is 5.73 Å². The van der Waals surface area contributed by atoms with Gasteiger partial charge in [-0.2, -0.15) is 0 Å². The Hall–Kier alpha value is -1.25. The predicted molar refractivity (Wildman–Crippen MR) is 74.5 cm³/mol. The van der Waals surface area contributed by atoms with E-state index in [1.54, 1.807) is 0 Å². The molecule has 2 N–H and O–H groups in total. The zero-order valence-corrected chi connectivity index (χ0v) is 10.8. The summed E-state index contributed by atoms with van der Waals surface area (Å²) in [6, 6.07) is 17.0. The second-order valence-electron chi connectivity index (χ2n) is 4.01. The average molecular weight is 243 g/mol. The quantitative estimate of drug-likeness (QED) is 0.887. The minimum atomic E-state index is 0.700. The van der Waals surface area contributed by atoms with E-state index in [-0.39, 0.29) is 0 Å². The van der Waals surface area contributed by atoms with Gasteiger partial charge in [-0.1, -0.05) is 48.2 Å². The van der Waals surface area contributed by atoms with Gasteiger partial charge in [0.1, 0.15) is 0 Å². The summed E-state index contributed by atoms with van der Waals surface area (Å²) < 4.78 is 0. The molecule has 0 saturated heterocycles. The van der Waals surface area contributed by atoms with Crippen molar-refractivity contribution < 1.29 is 0 Å². The normalized spacial score (nSPS) is 10.5. The van der Waals surface area contributed by atoms with Gasteiger partial charge >= 0.3 is 0 Å². The van der Waals surface area contributed by atoms with Crippen molar-refractivity contribution >= 4 is 11.8 Å². The van der Waals surface area contributed by atoms with Gasteiger partial charge in [-0.25, -0.2) is 0 Å². The van der Waals surface area contributed by atoms with E-state index in [0.717, 1.165) is 6.42 Å². The molecule has 0 aliphatic carbocycles. The number of rotatable bonds is 4. The van der Waals surface area contributed by atoms with E-state index < -0.39 is 0 Å². The van der Waals surface area contributed by atoms with Crippen molar-refractivity contribution in [2.24, 2.45) is 5.73 Å². The molecular formula is C15H17NS. The third-order valence-corrected chi connectivity index (χ3v) is 4.00. The molecule has 2 aromatic rings. The number of hydrogen-bond donors (Lipinski definition) is 1. The van der Waals surface area contributed by atoms with Gasteiger partial charge in [-0.05, 0) is 43.1 Å². The minimum absolute atomic E-state index is 0.700. The van der Waals surface area contributed by atoms with Crippen molar-refractivity contribution in [2.45, 2.75) is 23.1 Å². The molecule has 17 heavy (non-hydrogen) atoms. The van der Waals surface area contributed by atoms with Crippen molar-refractivity contribution in [1.29, 1.82) is 0 Å². The van der Waals surface area contributed by atoms with Crippen LogP contribution in [0.5, 0.6) is 0 Å². The van der Waals surface area contributed by atoms with Crippen LogP contribution in [0.25, 0.3) is 0 Å². The smallest absolute Gasteiger partial charge is 0.0154 e. The van der Waals surface area contributed by atoms with E-state index in [4.69, 9.17) is 5.73 Å². The van der Waals surface area contributed by atoms with Gasteiger partial charge in [0, 0.05) is 9.79 Å². The van der Waals surface area contributed by atoms with Crippen LogP contribution in [0.15, 0.2) is 58.3 Å². The van der Waals surface area contributed by atoms with Crippen LogP contribution < -0.4 is 5.73 Å². The zero-order valence-electron chi connectivity index (χ0n) is 10.0. The van der Waals surface area contributed by atoms with Gasteiger partial charge in [-0.15, -0.1) is 0 Å². The Morgan fingerprint density at radius 3 is 2.29 bits per heavy atom. The Labute approximate surface area is 107 Å². The van der Waals surface area contributed by atoms with Crippen LogP contribution in [0.3, 0.4) is 0 Å². The molecular weight excluding hydrogens is 226 g/mol. The Bertz CT molecular complexity index is 494. The van der Waals surface area contributed by atoms with Crippen molar-refractivity contribution in [1.82, 2.24) is 0 Å². The van der Waals surface area contributed by atoms with E-state index in [1.807, 2.05) is 11.8 Å². The first-order valence-corrected chi connectivity index (χ1v) is 6.64. The van der Waals surface area contributed by atoms with Crippen LogP contribution in [0, 0.1) is 6.92 Å². The molecule has 2 aromatic carbocycles. The molecule has 0 fully saturated rings. The third kappa shape index (κ3) is 3.11. The van der Waals surface area contributed by atoms with E-state index in [9.17, 15) is 0 Å². The van der Waals surface area contributed by atoms with E-state index in [1.165, 1.54) is 20.9 Å². The monoisotopic (exact) mass is 243 g/mol. The Kier molecular flexibility index (Phi) is 4.24. The molecule has 0 bridgehead atoms. The predicted octanol–water partition coefficient (Wildman–Crippen LogP) is 3.65. The molecule has 0 aromatic heterocycles. The molecule has 0 aliphatic heterocycles. The lowest BCUT2D eigenvalue weighted by atomic mass is 10.1. The molecule has 1 nitrogen and oxygen atoms in total. The summed E-state index contributed by atoms with van der Waals surface area (Å²) in [5.74, 6) is 0. The number of hydrogen-bond acceptors (Lipinski definition) is 2. The summed E-state index contributed by atoms with van der Waals surface area (Å²) in [5, 5.41) is 0. The first kappa shape index (κ1) is 12.2. The summed E-state index contributed by atoms with van der Waals surface area (Å²) in [7, 11) is 0. The second kappa shape index (κ2) is 5.89. The van der Waals surface area contributed by atoms with Gasteiger partial charge in [-0.3, -0.25) is 0 Å². The molecule has 0 radical (unpaired) electrons. The van der Waals surface area contributed by atoms with Crippen LogP contribution in [0.4, 0.5) is 0 Å². The molecule has 0 saturated carbocycles. The average Bonchev–Trinajstić information content (AvgIpc) is 2.35. The van der Waals surface area contributed by atoms with E-state index >= 15 is 0 Å².